The zero-order valence-electron chi connectivity index (χ0n) is 12.2. The van der Waals surface area contributed by atoms with Crippen molar-refractivity contribution in [1.29, 1.82) is 0 Å². The summed E-state index contributed by atoms with van der Waals surface area (Å²) in [4.78, 5) is 2.60. The van der Waals surface area contributed by atoms with Gasteiger partial charge in [-0.05, 0) is 31.5 Å². The minimum atomic E-state index is -0.0644. The van der Waals surface area contributed by atoms with E-state index in [1.807, 2.05) is 25.1 Å². The molecular formula is C16H21NO2S. The van der Waals surface area contributed by atoms with Crippen LogP contribution in [0.4, 0.5) is 0 Å². The van der Waals surface area contributed by atoms with Crippen molar-refractivity contribution < 1.29 is 9.47 Å². The molecule has 0 fully saturated rings. The summed E-state index contributed by atoms with van der Waals surface area (Å²) in [6.45, 7) is 4.68. The first kappa shape index (κ1) is 14.9. The summed E-state index contributed by atoms with van der Waals surface area (Å²) in [6, 6.07) is 9.98. The molecule has 20 heavy (non-hydrogen) atoms. The van der Waals surface area contributed by atoms with Crippen molar-refractivity contribution in [2.24, 2.45) is 5.73 Å². The van der Waals surface area contributed by atoms with E-state index in [4.69, 9.17) is 15.2 Å². The minimum absolute atomic E-state index is 0.0644. The Hall–Kier alpha value is -1.52. The Morgan fingerprint density at radius 3 is 2.55 bits per heavy atom. The van der Waals surface area contributed by atoms with E-state index in [1.54, 1.807) is 18.4 Å². The molecule has 0 unspecified atom stereocenters. The Bertz CT molecular complexity index is 563. The molecule has 0 saturated carbocycles. The van der Waals surface area contributed by atoms with Gasteiger partial charge in [0.2, 0.25) is 0 Å². The van der Waals surface area contributed by atoms with Crippen molar-refractivity contribution in [1.82, 2.24) is 0 Å². The topological polar surface area (TPSA) is 44.5 Å². The maximum atomic E-state index is 5.98. The Morgan fingerprint density at radius 2 is 1.95 bits per heavy atom. The predicted molar refractivity (Wildman–Crippen MR) is 83.6 cm³/mol. The van der Waals surface area contributed by atoms with Gasteiger partial charge in [0.15, 0.2) is 0 Å². The monoisotopic (exact) mass is 291 g/mol. The Balaban J connectivity index is 2.14. The van der Waals surface area contributed by atoms with Crippen molar-refractivity contribution >= 4 is 11.3 Å². The summed E-state index contributed by atoms with van der Waals surface area (Å²) >= 11 is 1.79. The molecule has 0 amide bonds. The van der Waals surface area contributed by atoms with Crippen molar-refractivity contribution in [2.75, 3.05) is 7.11 Å². The van der Waals surface area contributed by atoms with Crippen LogP contribution in [-0.2, 0) is 13.0 Å². The molecule has 0 aliphatic heterocycles. The van der Waals surface area contributed by atoms with Gasteiger partial charge in [-0.25, -0.2) is 0 Å². The third kappa shape index (κ3) is 3.52. The zero-order chi connectivity index (χ0) is 14.5. The van der Waals surface area contributed by atoms with Crippen LogP contribution in [0.5, 0.6) is 11.5 Å². The van der Waals surface area contributed by atoms with E-state index in [0.29, 0.717) is 6.61 Å². The highest BCUT2D eigenvalue weighted by molar-refractivity contribution is 7.11. The highest BCUT2D eigenvalue weighted by Gasteiger charge is 2.10. The summed E-state index contributed by atoms with van der Waals surface area (Å²) in [6.07, 6.45) is 1.06. The number of hydrogen-bond acceptors (Lipinski definition) is 4. The molecule has 1 aromatic heterocycles. The fourth-order valence-corrected chi connectivity index (χ4v) is 2.85. The minimum Gasteiger partial charge on any atom is -0.497 e. The van der Waals surface area contributed by atoms with Crippen LogP contribution < -0.4 is 15.2 Å². The van der Waals surface area contributed by atoms with Gasteiger partial charge in [-0.3, -0.25) is 0 Å². The highest BCUT2D eigenvalue weighted by Crippen LogP contribution is 2.30. The average molecular weight is 291 g/mol. The van der Waals surface area contributed by atoms with Crippen molar-refractivity contribution in [3.63, 3.8) is 0 Å². The lowest BCUT2D eigenvalue weighted by Crippen LogP contribution is -2.08. The SMILES string of the molecule is CCc1ccc(COc2cc(OC)ccc2[C@@H](C)N)s1. The first-order valence-electron chi connectivity index (χ1n) is 6.78. The highest BCUT2D eigenvalue weighted by atomic mass is 32.1. The second-order valence-electron chi connectivity index (χ2n) is 4.70. The maximum absolute atomic E-state index is 5.98. The fourth-order valence-electron chi connectivity index (χ4n) is 1.98. The fraction of sp³-hybridized carbons (Fsp3) is 0.375. The van der Waals surface area contributed by atoms with Gasteiger partial charge in [-0.15, -0.1) is 11.3 Å². The summed E-state index contributed by atoms with van der Waals surface area (Å²) in [5, 5.41) is 0. The number of rotatable bonds is 6. The molecule has 0 spiro atoms. The van der Waals surface area contributed by atoms with Gasteiger partial charge in [-0.2, -0.15) is 0 Å². The number of ether oxygens (including phenoxy) is 2. The molecule has 0 saturated heterocycles. The summed E-state index contributed by atoms with van der Waals surface area (Å²) in [5.74, 6) is 1.58. The van der Waals surface area contributed by atoms with E-state index < -0.39 is 0 Å². The van der Waals surface area contributed by atoms with Crippen LogP contribution in [-0.4, -0.2) is 7.11 Å². The molecule has 1 aromatic carbocycles. The van der Waals surface area contributed by atoms with Gasteiger partial charge >= 0.3 is 0 Å². The zero-order valence-corrected chi connectivity index (χ0v) is 13.0. The standard InChI is InChI=1S/C16H21NO2S/c1-4-13-6-7-14(20-13)10-19-16-9-12(18-3)5-8-15(16)11(2)17/h5-9,11H,4,10,17H2,1-3H3/t11-/m1/s1. The predicted octanol–water partition coefficient (Wildman–Crippen LogP) is 3.92. The van der Waals surface area contributed by atoms with Crippen molar-refractivity contribution in [3.05, 3.63) is 45.6 Å². The third-order valence-electron chi connectivity index (χ3n) is 3.15. The first-order chi connectivity index (χ1) is 9.63. The van der Waals surface area contributed by atoms with Gasteiger partial charge in [0, 0.05) is 27.4 Å². The molecule has 0 aliphatic rings. The van der Waals surface area contributed by atoms with Crippen LogP contribution in [0.2, 0.25) is 0 Å². The molecule has 3 nitrogen and oxygen atoms in total. The number of aryl methyl sites for hydroxylation is 1. The summed E-state index contributed by atoms with van der Waals surface area (Å²) in [7, 11) is 1.65. The van der Waals surface area contributed by atoms with Crippen LogP contribution in [0.1, 0.15) is 35.2 Å². The van der Waals surface area contributed by atoms with Crippen LogP contribution in [0, 0.1) is 0 Å². The van der Waals surface area contributed by atoms with Crippen LogP contribution >= 0.6 is 11.3 Å². The maximum Gasteiger partial charge on any atom is 0.128 e. The molecule has 108 valence electrons. The van der Waals surface area contributed by atoms with Crippen LogP contribution in [0.15, 0.2) is 30.3 Å². The Morgan fingerprint density at radius 1 is 1.20 bits per heavy atom. The van der Waals surface area contributed by atoms with Gasteiger partial charge in [0.1, 0.15) is 18.1 Å². The lowest BCUT2D eigenvalue weighted by atomic mass is 10.1. The van der Waals surface area contributed by atoms with Crippen LogP contribution in [0.25, 0.3) is 0 Å². The lowest BCUT2D eigenvalue weighted by molar-refractivity contribution is 0.302. The molecule has 2 N–H and O–H groups in total. The Labute approximate surface area is 124 Å². The summed E-state index contributed by atoms with van der Waals surface area (Å²) in [5.41, 5.74) is 6.98. The van der Waals surface area contributed by atoms with Gasteiger partial charge in [-0.1, -0.05) is 13.0 Å². The third-order valence-corrected chi connectivity index (χ3v) is 4.35. The normalized spacial score (nSPS) is 12.2. The van der Waals surface area contributed by atoms with Crippen molar-refractivity contribution in [2.45, 2.75) is 32.9 Å². The van der Waals surface area contributed by atoms with E-state index in [-0.39, 0.29) is 6.04 Å². The van der Waals surface area contributed by atoms with Gasteiger partial charge < -0.3 is 15.2 Å². The molecular weight excluding hydrogens is 270 g/mol. The quantitative estimate of drug-likeness (QED) is 0.877. The van der Waals surface area contributed by atoms with E-state index in [0.717, 1.165) is 23.5 Å². The molecule has 1 atom stereocenters. The largest absolute Gasteiger partial charge is 0.497 e. The van der Waals surface area contributed by atoms with Crippen LogP contribution in [0.3, 0.4) is 0 Å². The molecule has 4 heteroatoms. The molecule has 0 bridgehead atoms. The average Bonchev–Trinajstić information content (AvgIpc) is 2.92. The molecule has 0 radical (unpaired) electrons. The molecule has 1 heterocycles. The molecule has 0 aliphatic carbocycles. The van der Waals surface area contributed by atoms with Crippen molar-refractivity contribution in [3.8, 4) is 11.5 Å². The van der Waals surface area contributed by atoms with E-state index in [1.165, 1.54) is 9.75 Å². The second kappa shape index (κ2) is 6.77. The second-order valence-corrected chi connectivity index (χ2v) is 5.96. The van der Waals surface area contributed by atoms with Gasteiger partial charge in [0.25, 0.3) is 0 Å². The Kier molecular flexibility index (Phi) is 5.04. The number of hydrogen-bond donors (Lipinski definition) is 1. The molecule has 2 rings (SSSR count). The smallest absolute Gasteiger partial charge is 0.128 e. The first-order valence-corrected chi connectivity index (χ1v) is 7.59. The summed E-state index contributed by atoms with van der Waals surface area (Å²) < 4.78 is 11.2. The van der Waals surface area contributed by atoms with Gasteiger partial charge in [0.05, 0.1) is 7.11 Å². The number of thiophene rings is 1. The van der Waals surface area contributed by atoms with E-state index in [9.17, 15) is 0 Å². The van der Waals surface area contributed by atoms with E-state index >= 15 is 0 Å². The van der Waals surface area contributed by atoms with E-state index in [2.05, 4.69) is 19.1 Å². The molecule has 2 aromatic rings. The number of benzene rings is 1. The lowest BCUT2D eigenvalue weighted by Gasteiger charge is -2.14. The number of nitrogens with two attached hydrogens (primary N) is 1. The number of methoxy groups -OCH3 is 1.